The van der Waals surface area contributed by atoms with Gasteiger partial charge in [0.05, 0.1) is 13.7 Å². The molecule has 0 radical (unpaired) electrons. The van der Waals surface area contributed by atoms with Crippen molar-refractivity contribution in [3.05, 3.63) is 28.5 Å². The van der Waals surface area contributed by atoms with Crippen LogP contribution in [0.25, 0.3) is 5.69 Å². The van der Waals surface area contributed by atoms with Gasteiger partial charge in [-0.3, -0.25) is 0 Å². The highest BCUT2D eigenvalue weighted by molar-refractivity contribution is 9.10. The molecule has 0 amide bonds. The molecule has 0 atom stereocenters. The maximum atomic E-state index is 5.30. The summed E-state index contributed by atoms with van der Waals surface area (Å²) in [5.41, 5.74) is 0.803. The third-order valence-corrected chi connectivity index (χ3v) is 2.73. The van der Waals surface area contributed by atoms with Crippen molar-refractivity contribution in [1.82, 2.24) is 25.5 Å². The molecule has 0 unspecified atom stereocenters. The van der Waals surface area contributed by atoms with Crippen LogP contribution in [0.15, 0.2) is 22.7 Å². The van der Waals surface area contributed by atoms with Crippen LogP contribution in [0.2, 0.25) is 0 Å². The quantitative estimate of drug-likeness (QED) is 0.917. The first-order chi connectivity index (χ1) is 8.26. The fourth-order valence-corrected chi connectivity index (χ4v) is 1.84. The van der Waals surface area contributed by atoms with Gasteiger partial charge in [-0.05, 0) is 35.7 Å². The summed E-state index contributed by atoms with van der Waals surface area (Å²) in [4.78, 5) is 0. The zero-order valence-corrected chi connectivity index (χ0v) is 11.1. The normalized spacial score (nSPS) is 10.5. The van der Waals surface area contributed by atoms with Crippen molar-refractivity contribution in [2.75, 3.05) is 14.2 Å². The summed E-state index contributed by atoms with van der Waals surface area (Å²) < 4.78 is 7.90. The molecule has 0 spiro atoms. The Kier molecular flexibility index (Phi) is 3.70. The minimum atomic E-state index is 0.586. The van der Waals surface area contributed by atoms with Gasteiger partial charge in [-0.1, -0.05) is 15.9 Å². The molecule has 2 aromatic rings. The van der Waals surface area contributed by atoms with Crippen molar-refractivity contribution in [2.24, 2.45) is 0 Å². The van der Waals surface area contributed by atoms with E-state index in [-0.39, 0.29) is 0 Å². The number of methoxy groups -OCH3 is 1. The number of rotatable bonds is 4. The molecule has 6 nitrogen and oxygen atoms in total. The fourth-order valence-electron chi connectivity index (χ4n) is 1.49. The molecule has 7 heteroatoms. The van der Waals surface area contributed by atoms with Crippen LogP contribution in [0.4, 0.5) is 0 Å². The van der Waals surface area contributed by atoms with E-state index >= 15 is 0 Å². The van der Waals surface area contributed by atoms with Crippen LogP contribution in [-0.4, -0.2) is 34.4 Å². The number of hydrogen-bond acceptors (Lipinski definition) is 5. The second-order valence-corrected chi connectivity index (χ2v) is 4.27. The van der Waals surface area contributed by atoms with Crippen LogP contribution in [0, 0.1) is 0 Å². The van der Waals surface area contributed by atoms with E-state index in [1.165, 1.54) is 0 Å². The Balaban J connectivity index is 2.51. The first kappa shape index (κ1) is 12.0. The topological polar surface area (TPSA) is 64.9 Å². The molecule has 2 rings (SSSR count). The molecule has 1 heterocycles. The molecular formula is C10H12BrN5O. The molecular weight excluding hydrogens is 286 g/mol. The molecule has 0 aliphatic rings. The van der Waals surface area contributed by atoms with E-state index in [0.29, 0.717) is 6.54 Å². The Hall–Kier alpha value is -1.47. The molecule has 0 saturated heterocycles. The molecule has 1 aromatic carbocycles. The van der Waals surface area contributed by atoms with Gasteiger partial charge in [0.1, 0.15) is 11.4 Å². The summed E-state index contributed by atoms with van der Waals surface area (Å²) in [5.74, 6) is 1.45. The minimum absolute atomic E-state index is 0.586. The van der Waals surface area contributed by atoms with Gasteiger partial charge in [0.15, 0.2) is 5.82 Å². The van der Waals surface area contributed by atoms with Gasteiger partial charge in [0.25, 0.3) is 0 Å². The molecule has 0 aliphatic carbocycles. The van der Waals surface area contributed by atoms with E-state index in [4.69, 9.17) is 4.74 Å². The van der Waals surface area contributed by atoms with E-state index < -0.39 is 0 Å². The number of halogens is 1. The van der Waals surface area contributed by atoms with Crippen LogP contribution in [0.5, 0.6) is 5.75 Å². The zero-order chi connectivity index (χ0) is 12.3. The molecule has 0 aliphatic heterocycles. The minimum Gasteiger partial charge on any atom is -0.494 e. The first-order valence-electron chi connectivity index (χ1n) is 5.02. The summed E-state index contributed by atoms with van der Waals surface area (Å²) in [5, 5.41) is 14.6. The number of nitrogens with one attached hydrogen (secondary N) is 1. The second-order valence-electron chi connectivity index (χ2n) is 3.35. The van der Waals surface area contributed by atoms with Gasteiger partial charge >= 0.3 is 0 Å². The lowest BCUT2D eigenvalue weighted by Gasteiger charge is -2.09. The monoisotopic (exact) mass is 297 g/mol. The van der Waals surface area contributed by atoms with E-state index in [9.17, 15) is 0 Å². The SMILES string of the molecule is CNCc1nnnn1-c1cc(Br)ccc1OC. The maximum Gasteiger partial charge on any atom is 0.170 e. The van der Waals surface area contributed by atoms with Crippen molar-refractivity contribution in [3.8, 4) is 11.4 Å². The van der Waals surface area contributed by atoms with Crippen LogP contribution in [0.3, 0.4) is 0 Å². The van der Waals surface area contributed by atoms with Crippen LogP contribution in [0.1, 0.15) is 5.82 Å². The third-order valence-electron chi connectivity index (χ3n) is 2.24. The predicted octanol–water partition coefficient (Wildman–Crippen LogP) is 1.15. The largest absolute Gasteiger partial charge is 0.494 e. The molecule has 17 heavy (non-hydrogen) atoms. The van der Waals surface area contributed by atoms with Gasteiger partial charge in [0.2, 0.25) is 0 Å². The molecule has 90 valence electrons. The van der Waals surface area contributed by atoms with E-state index in [1.54, 1.807) is 11.8 Å². The third kappa shape index (κ3) is 2.45. The predicted molar refractivity (Wildman–Crippen MR) is 66.2 cm³/mol. The van der Waals surface area contributed by atoms with Gasteiger partial charge < -0.3 is 10.1 Å². The van der Waals surface area contributed by atoms with Crippen LogP contribution in [-0.2, 0) is 6.54 Å². The number of tetrazole rings is 1. The Morgan fingerprint density at radius 1 is 1.47 bits per heavy atom. The number of benzene rings is 1. The molecule has 0 saturated carbocycles. The summed E-state index contributed by atoms with van der Waals surface area (Å²) in [7, 11) is 3.46. The molecule has 0 bridgehead atoms. The van der Waals surface area contributed by atoms with E-state index in [1.807, 2.05) is 25.2 Å². The smallest absolute Gasteiger partial charge is 0.170 e. The Morgan fingerprint density at radius 2 is 2.29 bits per heavy atom. The van der Waals surface area contributed by atoms with Crippen molar-refractivity contribution < 1.29 is 4.74 Å². The number of aromatic nitrogens is 4. The summed E-state index contributed by atoms with van der Waals surface area (Å²) in [6.45, 7) is 0.586. The van der Waals surface area contributed by atoms with Gasteiger partial charge in [-0.25, -0.2) is 0 Å². The summed E-state index contributed by atoms with van der Waals surface area (Å²) in [6, 6.07) is 5.68. The van der Waals surface area contributed by atoms with Crippen LogP contribution >= 0.6 is 15.9 Å². The maximum absolute atomic E-state index is 5.30. The van der Waals surface area contributed by atoms with Crippen molar-refractivity contribution in [1.29, 1.82) is 0 Å². The average Bonchev–Trinajstić information content (AvgIpc) is 2.77. The molecule has 0 fully saturated rings. The van der Waals surface area contributed by atoms with Crippen molar-refractivity contribution in [2.45, 2.75) is 6.54 Å². The number of ether oxygens (including phenoxy) is 1. The average molecular weight is 298 g/mol. The van der Waals surface area contributed by atoms with E-state index in [0.717, 1.165) is 21.7 Å². The highest BCUT2D eigenvalue weighted by Crippen LogP contribution is 2.26. The Bertz CT molecular complexity index is 513. The fraction of sp³-hybridized carbons (Fsp3) is 0.300. The molecule has 1 aromatic heterocycles. The van der Waals surface area contributed by atoms with E-state index in [2.05, 4.69) is 36.8 Å². The lowest BCUT2D eigenvalue weighted by atomic mass is 10.3. The lowest BCUT2D eigenvalue weighted by Crippen LogP contribution is -2.12. The summed E-state index contributed by atoms with van der Waals surface area (Å²) >= 11 is 3.42. The second kappa shape index (κ2) is 5.24. The number of nitrogens with zero attached hydrogens (tertiary/aromatic N) is 4. The van der Waals surface area contributed by atoms with Gasteiger partial charge in [0, 0.05) is 4.47 Å². The standard InChI is InChI=1S/C10H12BrN5O/c1-12-6-10-13-14-15-16(10)8-5-7(11)3-4-9(8)17-2/h3-5,12H,6H2,1-2H3. The Labute approximate surface area is 107 Å². The Morgan fingerprint density at radius 3 is 3.00 bits per heavy atom. The van der Waals surface area contributed by atoms with Gasteiger partial charge in [-0.2, -0.15) is 4.68 Å². The number of hydrogen-bond donors (Lipinski definition) is 1. The first-order valence-corrected chi connectivity index (χ1v) is 5.81. The van der Waals surface area contributed by atoms with Gasteiger partial charge in [-0.15, -0.1) is 5.10 Å². The van der Waals surface area contributed by atoms with Crippen molar-refractivity contribution in [3.63, 3.8) is 0 Å². The lowest BCUT2D eigenvalue weighted by molar-refractivity contribution is 0.410. The summed E-state index contributed by atoms with van der Waals surface area (Å²) in [6.07, 6.45) is 0. The highest BCUT2D eigenvalue weighted by Gasteiger charge is 2.12. The molecule has 1 N–H and O–H groups in total. The van der Waals surface area contributed by atoms with Crippen molar-refractivity contribution >= 4 is 15.9 Å². The van der Waals surface area contributed by atoms with Crippen LogP contribution < -0.4 is 10.1 Å². The zero-order valence-electron chi connectivity index (χ0n) is 9.51. The highest BCUT2D eigenvalue weighted by atomic mass is 79.9.